The third-order valence-corrected chi connectivity index (χ3v) is 8.83. The zero-order chi connectivity index (χ0) is 22.7. The van der Waals surface area contributed by atoms with Crippen LogP contribution in [-0.2, 0) is 0 Å². The van der Waals surface area contributed by atoms with Crippen molar-refractivity contribution in [3.8, 4) is 5.75 Å². The van der Waals surface area contributed by atoms with Gasteiger partial charge in [0.2, 0.25) is 0 Å². The molecule has 3 aliphatic carbocycles. The van der Waals surface area contributed by atoms with Crippen molar-refractivity contribution < 1.29 is 22.3 Å². The Bertz CT molecular complexity index is 738. The number of rotatable bonds is 6. The minimum Gasteiger partial charge on any atom is -0.403 e. The highest BCUT2D eigenvalue weighted by molar-refractivity contribution is 5.32. The van der Waals surface area contributed by atoms with Crippen molar-refractivity contribution in [2.24, 2.45) is 29.6 Å². The molecule has 0 aromatic heterocycles. The van der Waals surface area contributed by atoms with Crippen LogP contribution in [0.25, 0.3) is 0 Å². The molecule has 1 aromatic carbocycles. The topological polar surface area (TPSA) is 9.23 Å². The van der Waals surface area contributed by atoms with Crippen LogP contribution in [0.4, 0.5) is 17.6 Å². The van der Waals surface area contributed by atoms with E-state index in [2.05, 4.69) is 11.7 Å². The van der Waals surface area contributed by atoms with E-state index >= 15 is 0 Å². The zero-order valence-electron chi connectivity index (χ0n) is 19.3. The molecule has 3 saturated carbocycles. The van der Waals surface area contributed by atoms with Crippen LogP contribution < -0.4 is 4.74 Å². The lowest BCUT2D eigenvalue weighted by atomic mass is 9.60. The standard InChI is InChI=1S/C27H38F4O/c1-2-3-4-18-5-7-19(8-6-18)20-9-10-22-16-23(12-11-21(22)15-20)24-13-14-26(25(28)17-24)32-27(29,30)31/h13-14,17-23H,2-12,15-16H2,1H3. The second kappa shape index (κ2) is 10.3. The number of hydrogen-bond acceptors (Lipinski definition) is 1. The van der Waals surface area contributed by atoms with Crippen LogP contribution in [0.3, 0.4) is 0 Å². The van der Waals surface area contributed by atoms with Crippen LogP contribution in [0.15, 0.2) is 18.2 Å². The summed E-state index contributed by atoms with van der Waals surface area (Å²) in [4.78, 5) is 0. The lowest BCUT2D eigenvalue weighted by Crippen LogP contribution is -2.34. The molecule has 4 unspecified atom stereocenters. The van der Waals surface area contributed by atoms with Crippen molar-refractivity contribution in [2.45, 2.75) is 103 Å². The van der Waals surface area contributed by atoms with Gasteiger partial charge < -0.3 is 4.74 Å². The first-order chi connectivity index (χ1) is 15.3. The average molecular weight is 455 g/mol. The molecule has 0 N–H and O–H groups in total. The largest absolute Gasteiger partial charge is 0.573 e. The summed E-state index contributed by atoms with van der Waals surface area (Å²) in [6, 6.07) is 4.02. The summed E-state index contributed by atoms with van der Waals surface area (Å²) in [5, 5.41) is 0. The van der Waals surface area contributed by atoms with E-state index in [4.69, 9.17) is 0 Å². The molecular formula is C27H38F4O. The molecule has 0 aliphatic heterocycles. The molecule has 4 atom stereocenters. The lowest BCUT2D eigenvalue weighted by molar-refractivity contribution is -0.275. The van der Waals surface area contributed by atoms with Crippen LogP contribution in [0.1, 0.15) is 102 Å². The van der Waals surface area contributed by atoms with Gasteiger partial charge in [-0.2, -0.15) is 0 Å². The molecule has 4 rings (SSSR count). The van der Waals surface area contributed by atoms with Crippen LogP contribution in [0, 0.1) is 35.4 Å². The Morgan fingerprint density at radius 2 is 1.47 bits per heavy atom. The molecule has 5 heteroatoms. The van der Waals surface area contributed by atoms with Gasteiger partial charge in [-0.1, -0.05) is 45.1 Å². The fourth-order valence-electron chi connectivity index (χ4n) is 7.08. The molecule has 1 nitrogen and oxygen atoms in total. The summed E-state index contributed by atoms with van der Waals surface area (Å²) in [6.07, 6.45) is 12.1. The molecule has 0 spiro atoms. The molecular weight excluding hydrogens is 416 g/mol. The van der Waals surface area contributed by atoms with Gasteiger partial charge in [0.05, 0.1) is 0 Å². The number of halogens is 4. The van der Waals surface area contributed by atoms with E-state index < -0.39 is 17.9 Å². The molecule has 3 aliphatic rings. The quantitative estimate of drug-likeness (QED) is 0.390. The highest BCUT2D eigenvalue weighted by Crippen LogP contribution is 2.51. The maximum atomic E-state index is 14.2. The van der Waals surface area contributed by atoms with Gasteiger partial charge in [-0.15, -0.1) is 13.2 Å². The predicted molar refractivity (Wildman–Crippen MR) is 119 cm³/mol. The fourth-order valence-corrected chi connectivity index (χ4v) is 7.08. The third-order valence-electron chi connectivity index (χ3n) is 8.83. The van der Waals surface area contributed by atoms with Gasteiger partial charge in [0.15, 0.2) is 11.6 Å². The van der Waals surface area contributed by atoms with Crippen molar-refractivity contribution in [2.75, 3.05) is 0 Å². The number of unbranched alkanes of at least 4 members (excludes halogenated alkanes) is 1. The minimum absolute atomic E-state index is 0.247. The SMILES string of the molecule is CCCCC1CCC(C2CCC3CC(c4ccc(OC(F)(F)F)c(F)c4)CCC3C2)CC1. The molecule has 0 saturated heterocycles. The third kappa shape index (κ3) is 5.99. The van der Waals surface area contributed by atoms with E-state index in [1.54, 1.807) is 6.07 Å². The number of fused-ring (bicyclic) bond motifs is 1. The Morgan fingerprint density at radius 1 is 0.844 bits per heavy atom. The second-order valence-corrected chi connectivity index (χ2v) is 10.8. The Balaban J connectivity index is 1.28. The summed E-state index contributed by atoms with van der Waals surface area (Å²) >= 11 is 0. The van der Waals surface area contributed by atoms with Crippen LogP contribution in [0.5, 0.6) is 5.75 Å². The van der Waals surface area contributed by atoms with Crippen molar-refractivity contribution >= 4 is 0 Å². The monoisotopic (exact) mass is 454 g/mol. The highest BCUT2D eigenvalue weighted by Gasteiger charge is 2.39. The summed E-state index contributed by atoms with van der Waals surface area (Å²) in [5.41, 5.74) is 0.822. The van der Waals surface area contributed by atoms with Gasteiger partial charge in [-0.25, -0.2) is 4.39 Å². The van der Waals surface area contributed by atoms with E-state index in [0.29, 0.717) is 5.92 Å². The van der Waals surface area contributed by atoms with Gasteiger partial charge in [-0.05, 0) is 105 Å². The minimum atomic E-state index is -4.87. The molecule has 0 radical (unpaired) electrons. The van der Waals surface area contributed by atoms with Crippen LogP contribution in [0.2, 0.25) is 0 Å². The summed E-state index contributed by atoms with van der Waals surface area (Å²) in [5.74, 6) is 2.82. The number of alkyl halides is 3. The van der Waals surface area contributed by atoms with E-state index in [1.807, 2.05) is 0 Å². The Kier molecular flexibility index (Phi) is 7.72. The van der Waals surface area contributed by atoms with Gasteiger partial charge >= 0.3 is 6.36 Å². The first-order valence-corrected chi connectivity index (χ1v) is 12.9. The first kappa shape index (κ1) is 23.9. The van der Waals surface area contributed by atoms with E-state index in [9.17, 15) is 17.6 Å². The summed E-state index contributed by atoms with van der Waals surface area (Å²) in [6.45, 7) is 2.28. The molecule has 1 aromatic rings. The maximum absolute atomic E-state index is 14.2. The van der Waals surface area contributed by atoms with Gasteiger partial charge in [0.1, 0.15) is 0 Å². The van der Waals surface area contributed by atoms with E-state index in [0.717, 1.165) is 48.1 Å². The van der Waals surface area contributed by atoms with Gasteiger partial charge in [0.25, 0.3) is 0 Å². The van der Waals surface area contributed by atoms with Crippen molar-refractivity contribution in [3.63, 3.8) is 0 Å². The number of hydrogen-bond donors (Lipinski definition) is 0. The number of ether oxygens (including phenoxy) is 1. The van der Waals surface area contributed by atoms with Crippen molar-refractivity contribution in [1.82, 2.24) is 0 Å². The summed E-state index contributed by atoms with van der Waals surface area (Å²) < 4.78 is 55.2. The molecule has 0 heterocycles. The first-order valence-electron chi connectivity index (χ1n) is 12.9. The van der Waals surface area contributed by atoms with E-state index in [-0.39, 0.29) is 5.92 Å². The smallest absolute Gasteiger partial charge is 0.403 e. The van der Waals surface area contributed by atoms with Crippen LogP contribution >= 0.6 is 0 Å². The fraction of sp³-hybridized carbons (Fsp3) is 0.778. The van der Waals surface area contributed by atoms with Crippen LogP contribution in [-0.4, -0.2) is 6.36 Å². The van der Waals surface area contributed by atoms with Crippen molar-refractivity contribution in [3.05, 3.63) is 29.6 Å². The molecule has 0 amide bonds. The molecule has 3 fully saturated rings. The maximum Gasteiger partial charge on any atom is 0.573 e. The number of benzene rings is 1. The normalized spacial score (nSPS) is 33.5. The average Bonchev–Trinajstić information content (AvgIpc) is 2.78. The molecule has 0 bridgehead atoms. The highest BCUT2D eigenvalue weighted by atomic mass is 19.4. The Labute approximate surface area is 190 Å². The molecule has 180 valence electrons. The Morgan fingerprint density at radius 3 is 2.12 bits per heavy atom. The Hall–Kier alpha value is -1.26. The van der Waals surface area contributed by atoms with Gasteiger partial charge in [-0.3, -0.25) is 0 Å². The summed E-state index contributed by atoms with van der Waals surface area (Å²) in [7, 11) is 0. The lowest BCUT2D eigenvalue weighted by Gasteiger charge is -2.45. The van der Waals surface area contributed by atoms with Crippen molar-refractivity contribution in [1.29, 1.82) is 0 Å². The molecule has 32 heavy (non-hydrogen) atoms. The predicted octanol–water partition coefficient (Wildman–Crippen LogP) is 9.02. The van der Waals surface area contributed by atoms with Gasteiger partial charge in [0, 0.05) is 0 Å². The second-order valence-electron chi connectivity index (χ2n) is 10.8. The van der Waals surface area contributed by atoms with E-state index in [1.165, 1.54) is 76.7 Å². The zero-order valence-corrected chi connectivity index (χ0v) is 19.3.